The van der Waals surface area contributed by atoms with Gasteiger partial charge >= 0.3 is 0 Å². The molecule has 0 spiro atoms. The molecule has 21 heavy (non-hydrogen) atoms. The maximum atomic E-state index is 12.5. The lowest BCUT2D eigenvalue weighted by Gasteiger charge is -2.18. The summed E-state index contributed by atoms with van der Waals surface area (Å²) in [6.45, 7) is 0.405. The Kier molecular flexibility index (Phi) is 5.03. The van der Waals surface area contributed by atoms with Crippen LogP contribution in [0.15, 0.2) is 57.9 Å². The Morgan fingerprint density at radius 2 is 1.81 bits per heavy atom. The fraction of sp³-hybridized carbons (Fsp3) is 0.200. The molecule has 0 amide bonds. The first-order valence-electron chi connectivity index (χ1n) is 6.46. The molecule has 2 N–H and O–H groups in total. The molecule has 4 nitrogen and oxygen atoms in total. The van der Waals surface area contributed by atoms with Crippen LogP contribution in [0.1, 0.15) is 5.56 Å². The highest BCUT2D eigenvalue weighted by Gasteiger charge is 2.22. The van der Waals surface area contributed by atoms with Gasteiger partial charge in [0.25, 0.3) is 0 Å². The summed E-state index contributed by atoms with van der Waals surface area (Å²) in [4.78, 5) is 0.140. The average molecular weight is 369 g/mol. The summed E-state index contributed by atoms with van der Waals surface area (Å²) >= 11 is 3.27. The van der Waals surface area contributed by atoms with Crippen LogP contribution >= 0.6 is 15.9 Å². The maximum absolute atomic E-state index is 12.5. The number of nitrogens with two attached hydrogens (primary N) is 1. The summed E-state index contributed by atoms with van der Waals surface area (Å²) in [6, 6.07) is 14.6. The number of benzene rings is 2. The second-order valence-electron chi connectivity index (χ2n) is 4.74. The van der Waals surface area contributed by atoms with E-state index in [1.165, 1.54) is 10.4 Å². The second kappa shape index (κ2) is 6.60. The van der Waals surface area contributed by atoms with Crippen molar-refractivity contribution in [2.75, 3.05) is 19.3 Å². The van der Waals surface area contributed by atoms with Crippen LogP contribution < -0.4 is 5.73 Å². The zero-order valence-corrected chi connectivity index (χ0v) is 14.1. The lowest BCUT2D eigenvalue weighted by atomic mass is 10.2. The molecule has 0 aliphatic carbocycles. The number of hydrogen-bond acceptors (Lipinski definition) is 3. The van der Waals surface area contributed by atoms with Gasteiger partial charge < -0.3 is 5.73 Å². The molecule has 0 unspecified atom stereocenters. The number of likely N-dealkylation sites (N-methyl/N-ethyl adjacent to an activating group) is 1. The van der Waals surface area contributed by atoms with Crippen LogP contribution in [0.2, 0.25) is 0 Å². The predicted octanol–water partition coefficient (Wildman–Crippen LogP) is 2.89. The van der Waals surface area contributed by atoms with E-state index in [0.29, 0.717) is 13.0 Å². The molecule has 2 aromatic rings. The van der Waals surface area contributed by atoms with E-state index in [0.717, 1.165) is 10.0 Å². The van der Waals surface area contributed by atoms with E-state index < -0.39 is 10.0 Å². The third-order valence-corrected chi connectivity index (χ3v) is 5.64. The zero-order valence-electron chi connectivity index (χ0n) is 11.7. The molecule has 0 aromatic heterocycles. The SMILES string of the molecule is CN(CCc1ccccc1)S(=O)(=O)c1ccc(Br)cc1N. The highest BCUT2D eigenvalue weighted by Crippen LogP contribution is 2.25. The first kappa shape index (κ1) is 16.0. The van der Waals surface area contributed by atoms with Crippen molar-refractivity contribution >= 4 is 31.6 Å². The van der Waals surface area contributed by atoms with Gasteiger partial charge in [-0.1, -0.05) is 46.3 Å². The molecule has 0 aliphatic heterocycles. The Hall–Kier alpha value is -1.37. The van der Waals surface area contributed by atoms with E-state index in [1.54, 1.807) is 19.2 Å². The minimum absolute atomic E-state index is 0.140. The van der Waals surface area contributed by atoms with Gasteiger partial charge in [0.2, 0.25) is 10.0 Å². The molecule has 0 saturated heterocycles. The molecule has 0 radical (unpaired) electrons. The minimum Gasteiger partial charge on any atom is -0.398 e. The Morgan fingerprint density at radius 1 is 1.14 bits per heavy atom. The van der Waals surface area contributed by atoms with E-state index in [-0.39, 0.29) is 10.6 Å². The van der Waals surface area contributed by atoms with Gasteiger partial charge in [0.1, 0.15) is 4.90 Å². The summed E-state index contributed by atoms with van der Waals surface area (Å²) in [5, 5.41) is 0. The molecule has 2 rings (SSSR count). The summed E-state index contributed by atoms with van der Waals surface area (Å²) in [7, 11) is -2.00. The van der Waals surface area contributed by atoms with Crippen molar-refractivity contribution in [2.24, 2.45) is 0 Å². The van der Waals surface area contributed by atoms with Gasteiger partial charge in [-0.3, -0.25) is 0 Å². The normalized spacial score (nSPS) is 11.8. The quantitative estimate of drug-likeness (QED) is 0.825. The molecule has 0 aliphatic rings. The standard InChI is InChI=1S/C15H17BrN2O2S/c1-18(10-9-12-5-3-2-4-6-12)21(19,20)15-8-7-13(16)11-14(15)17/h2-8,11H,9-10,17H2,1H3. The van der Waals surface area contributed by atoms with Crippen molar-refractivity contribution < 1.29 is 8.42 Å². The van der Waals surface area contributed by atoms with Crippen LogP contribution in [-0.4, -0.2) is 26.3 Å². The molecular formula is C15H17BrN2O2S. The number of sulfonamides is 1. The molecule has 0 saturated carbocycles. The number of anilines is 1. The van der Waals surface area contributed by atoms with Crippen LogP contribution in [0.25, 0.3) is 0 Å². The number of nitrogen functional groups attached to an aromatic ring is 1. The van der Waals surface area contributed by atoms with Gasteiger partial charge in [-0.15, -0.1) is 0 Å². The van der Waals surface area contributed by atoms with Gasteiger partial charge in [-0.25, -0.2) is 12.7 Å². The highest BCUT2D eigenvalue weighted by molar-refractivity contribution is 9.10. The smallest absolute Gasteiger partial charge is 0.244 e. The fourth-order valence-electron chi connectivity index (χ4n) is 1.97. The van der Waals surface area contributed by atoms with Crippen LogP contribution in [0.4, 0.5) is 5.69 Å². The van der Waals surface area contributed by atoms with Gasteiger partial charge in [-0.05, 0) is 30.2 Å². The van der Waals surface area contributed by atoms with E-state index in [1.807, 2.05) is 30.3 Å². The summed E-state index contributed by atoms with van der Waals surface area (Å²) in [5.41, 5.74) is 7.16. The third kappa shape index (κ3) is 3.84. The van der Waals surface area contributed by atoms with Crippen molar-refractivity contribution in [3.05, 3.63) is 58.6 Å². The van der Waals surface area contributed by atoms with Gasteiger partial charge in [0, 0.05) is 18.1 Å². The average Bonchev–Trinajstić information content (AvgIpc) is 2.45. The Balaban J connectivity index is 2.15. The molecule has 6 heteroatoms. The van der Waals surface area contributed by atoms with Gasteiger partial charge in [0.15, 0.2) is 0 Å². The third-order valence-electron chi connectivity index (χ3n) is 3.22. The van der Waals surface area contributed by atoms with Crippen LogP contribution in [0, 0.1) is 0 Å². The summed E-state index contributed by atoms with van der Waals surface area (Å²) in [6.07, 6.45) is 0.660. The van der Waals surface area contributed by atoms with E-state index >= 15 is 0 Å². The van der Waals surface area contributed by atoms with Crippen molar-refractivity contribution in [2.45, 2.75) is 11.3 Å². The maximum Gasteiger partial charge on any atom is 0.244 e. The molecule has 112 valence electrons. The van der Waals surface area contributed by atoms with Crippen LogP contribution in [0.5, 0.6) is 0 Å². The topological polar surface area (TPSA) is 63.4 Å². The van der Waals surface area contributed by atoms with Crippen LogP contribution in [-0.2, 0) is 16.4 Å². The van der Waals surface area contributed by atoms with Gasteiger partial charge in [0.05, 0.1) is 5.69 Å². The van der Waals surface area contributed by atoms with Crippen LogP contribution in [0.3, 0.4) is 0 Å². The molecule has 0 heterocycles. The van der Waals surface area contributed by atoms with Gasteiger partial charge in [-0.2, -0.15) is 0 Å². The minimum atomic E-state index is -3.57. The van der Waals surface area contributed by atoms with Crippen molar-refractivity contribution in [3.63, 3.8) is 0 Å². The number of rotatable bonds is 5. The first-order valence-corrected chi connectivity index (χ1v) is 8.70. The molecule has 0 atom stereocenters. The highest BCUT2D eigenvalue weighted by atomic mass is 79.9. The number of halogens is 1. The van der Waals surface area contributed by atoms with Crippen molar-refractivity contribution in [1.82, 2.24) is 4.31 Å². The number of hydrogen-bond donors (Lipinski definition) is 1. The first-order chi connectivity index (χ1) is 9.91. The lowest BCUT2D eigenvalue weighted by molar-refractivity contribution is 0.473. The summed E-state index contributed by atoms with van der Waals surface area (Å²) in [5.74, 6) is 0. The van der Waals surface area contributed by atoms with E-state index in [2.05, 4.69) is 15.9 Å². The molecule has 0 bridgehead atoms. The molecular weight excluding hydrogens is 352 g/mol. The van der Waals surface area contributed by atoms with Crippen molar-refractivity contribution in [3.8, 4) is 0 Å². The number of nitrogens with zero attached hydrogens (tertiary/aromatic N) is 1. The Bertz CT molecular complexity index is 718. The second-order valence-corrected chi connectivity index (χ2v) is 7.67. The summed E-state index contributed by atoms with van der Waals surface area (Å²) < 4.78 is 27.1. The zero-order chi connectivity index (χ0) is 15.5. The fourth-order valence-corrected chi connectivity index (χ4v) is 3.62. The Morgan fingerprint density at radius 3 is 2.43 bits per heavy atom. The lowest BCUT2D eigenvalue weighted by Crippen LogP contribution is -2.29. The largest absolute Gasteiger partial charge is 0.398 e. The van der Waals surface area contributed by atoms with E-state index in [4.69, 9.17) is 5.73 Å². The Labute approximate surface area is 133 Å². The molecule has 0 fully saturated rings. The van der Waals surface area contributed by atoms with E-state index in [9.17, 15) is 8.42 Å². The molecule has 2 aromatic carbocycles. The van der Waals surface area contributed by atoms with Crippen molar-refractivity contribution in [1.29, 1.82) is 0 Å². The monoisotopic (exact) mass is 368 g/mol. The predicted molar refractivity (Wildman–Crippen MR) is 88.5 cm³/mol.